The van der Waals surface area contributed by atoms with E-state index in [0.717, 1.165) is 12.1 Å². The summed E-state index contributed by atoms with van der Waals surface area (Å²) in [6.45, 7) is 1.19. The highest BCUT2D eigenvalue weighted by Crippen LogP contribution is 2.36. The highest BCUT2D eigenvalue weighted by molar-refractivity contribution is 8.00. The number of halogens is 3. The molecule has 2 aromatic rings. The van der Waals surface area contributed by atoms with Crippen LogP contribution in [0.15, 0.2) is 52.0 Å². The van der Waals surface area contributed by atoms with Crippen LogP contribution in [0.3, 0.4) is 0 Å². The minimum Gasteiger partial charge on any atom is -0.467 e. The molecule has 0 saturated heterocycles. The van der Waals surface area contributed by atoms with Gasteiger partial charge in [0, 0.05) is 4.90 Å². The zero-order valence-electron chi connectivity index (χ0n) is 13.0. The summed E-state index contributed by atoms with van der Waals surface area (Å²) in [4.78, 5) is 23.5. The van der Waals surface area contributed by atoms with Gasteiger partial charge in [-0.05, 0) is 55.1 Å². The zero-order chi connectivity index (χ0) is 18.4. The number of rotatable bonds is 6. The number of carbonyl (C=O) groups is 2. The lowest BCUT2D eigenvalue weighted by Gasteiger charge is -2.11. The van der Waals surface area contributed by atoms with Gasteiger partial charge in [0.05, 0.1) is 17.9 Å². The minimum absolute atomic E-state index is 0.0472. The van der Waals surface area contributed by atoms with Gasteiger partial charge in [-0.15, -0.1) is 0 Å². The van der Waals surface area contributed by atoms with Crippen LogP contribution in [0.25, 0.3) is 0 Å². The predicted molar refractivity (Wildman–Crippen MR) is 83.9 cm³/mol. The third kappa shape index (κ3) is 6.18. The number of hydrogen-bond acceptors (Lipinski definition) is 5. The van der Waals surface area contributed by atoms with E-state index in [-0.39, 0.29) is 28.3 Å². The maximum atomic E-state index is 12.2. The van der Waals surface area contributed by atoms with Gasteiger partial charge in [0.25, 0.3) is 5.91 Å². The monoisotopic (exact) mass is 373 g/mol. The summed E-state index contributed by atoms with van der Waals surface area (Å²) in [5.41, 5.74) is -4.34. The summed E-state index contributed by atoms with van der Waals surface area (Å²) in [7, 11) is 0. The van der Waals surface area contributed by atoms with Gasteiger partial charge in [-0.1, -0.05) is 0 Å². The Hall–Kier alpha value is -2.42. The van der Waals surface area contributed by atoms with Gasteiger partial charge in [-0.2, -0.15) is 13.2 Å². The molecule has 1 aromatic carbocycles. The van der Waals surface area contributed by atoms with Crippen molar-refractivity contribution in [2.75, 3.05) is 6.61 Å². The number of amides is 1. The third-order valence-electron chi connectivity index (χ3n) is 3.01. The van der Waals surface area contributed by atoms with Gasteiger partial charge in [0.15, 0.2) is 6.61 Å². The summed E-state index contributed by atoms with van der Waals surface area (Å²) in [6, 6.07) is 7.72. The number of benzene rings is 1. The van der Waals surface area contributed by atoms with Crippen molar-refractivity contribution in [1.82, 2.24) is 5.32 Å². The van der Waals surface area contributed by atoms with Gasteiger partial charge in [-0.25, -0.2) is 4.79 Å². The van der Waals surface area contributed by atoms with Crippen molar-refractivity contribution in [1.29, 1.82) is 0 Å². The fourth-order valence-electron chi connectivity index (χ4n) is 1.90. The Labute approximate surface area is 145 Å². The summed E-state index contributed by atoms with van der Waals surface area (Å²) in [5, 5.41) is 2.59. The van der Waals surface area contributed by atoms with E-state index in [1.165, 1.54) is 18.4 Å². The maximum Gasteiger partial charge on any atom is 0.446 e. The first-order valence-electron chi connectivity index (χ1n) is 7.10. The molecule has 1 aromatic heterocycles. The number of carbonyl (C=O) groups excluding carboxylic acids is 2. The van der Waals surface area contributed by atoms with Crippen molar-refractivity contribution < 1.29 is 31.9 Å². The lowest BCUT2D eigenvalue weighted by Crippen LogP contribution is -2.30. The average molecular weight is 373 g/mol. The molecular weight excluding hydrogens is 359 g/mol. The van der Waals surface area contributed by atoms with Crippen LogP contribution < -0.4 is 5.32 Å². The molecule has 9 heteroatoms. The molecule has 1 amide bonds. The summed E-state index contributed by atoms with van der Waals surface area (Å²) in [5.74, 6) is -0.775. The van der Waals surface area contributed by atoms with E-state index in [9.17, 15) is 22.8 Å². The first-order valence-corrected chi connectivity index (χ1v) is 7.92. The molecule has 1 heterocycles. The van der Waals surface area contributed by atoms with Gasteiger partial charge in [-0.3, -0.25) is 4.79 Å². The lowest BCUT2D eigenvalue weighted by atomic mass is 10.2. The number of alkyl halides is 3. The first-order chi connectivity index (χ1) is 11.7. The number of thioether (sulfide) groups is 1. The largest absolute Gasteiger partial charge is 0.467 e. The summed E-state index contributed by atoms with van der Waals surface area (Å²) < 4.78 is 46.7. The molecule has 134 valence electrons. The van der Waals surface area contributed by atoms with Crippen LogP contribution in [0.5, 0.6) is 0 Å². The number of ether oxygens (including phenoxy) is 1. The van der Waals surface area contributed by atoms with Crippen LogP contribution in [0.1, 0.15) is 29.1 Å². The third-order valence-corrected chi connectivity index (χ3v) is 3.74. The van der Waals surface area contributed by atoms with E-state index in [4.69, 9.17) is 9.15 Å². The van der Waals surface area contributed by atoms with Crippen molar-refractivity contribution in [2.24, 2.45) is 0 Å². The first kappa shape index (κ1) is 18.9. The smallest absolute Gasteiger partial charge is 0.446 e. The van der Waals surface area contributed by atoms with Crippen LogP contribution in [0.2, 0.25) is 0 Å². The highest BCUT2D eigenvalue weighted by Gasteiger charge is 2.29. The van der Waals surface area contributed by atoms with Crippen LogP contribution in [-0.4, -0.2) is 24.0 Å². The molecule has 1 atom stereocenters. The van der Waals surface area contributed by atoms with Crippen LogP contribution in [-0.2, 0) is 9.53 Å². The maximum absolute atomic E-state index is 12.2. The molecule has 0 aliphatic rings. The number of hydrogen-bond donors (Lipinski definition) is 1. The Morgan fingerprint density at radius 3 is 2.48 bits per heavy atom. The summed E-state index contributed by atoms with van der Waals surface area (Å²) >= 11 is -0.280. The Morgan fingerprint density at radius 1 is 1.24 bits per heavy atom. The van der Waals surface area contributed by atoms with Crippen LogP contribution >= 0.6 is 11.8 Å². The van der Waals surface area contributed by atoms with E-state index in [1.54, 1.807) is 19.1 Å². The standard InChI is InChI=1S/C16H14F3NO4S/c1-10(13-3-2-8-23-13)20-14(21)9-24-15(22)11-4-6-12(7-5-11)25-16(17,18)19/h2-8,10H,9H2,1H3,(H,20,21)/t10-/m0/s1. The highest BCUT2D eigenvalue weighted by atomic mass is 32.2. The van der Waals surface area contributed by atoms with E-state index in [2.05, 4.69) is 5.32 Å². The molecule has 0 bridgehead atoms. The second-order valence-electron chi connectivity index (χ2n) is 4.95. The van der Waals surface area contributed by atoms with Gasteiger partial charge < -0.3 is 14.5 Å². The fourth-order valence-corrected chi connectivity index (χ4v) is 2.44. The normalized spacial score (nSPS) is 12.5. The molecule has 0 spiro atoms. The van der Waals surface area contributed by atoms with E-state index >= 15 is 0 Å². The zero-order valence-corrected chi connectivity index (χ0v) is 13.8. The van der Waals surface area contributed by atoms with Crippen LogP contribution in [0, 0.1) is 0 Å². The molecule has 0 unspecified atom stereocenters. The average Bonchev–Trinajstić information content (AvgIpc) is 3.06. The number of esters is 1. The Kier molecular flexibility index (Phi) is 6.13. The second kappa shape index (κ2) is 8.11. The summed E-state index contributed by atoms with van der Waals surface area (Å²) in [6.07, 6.45) is 1.47. The van der Waals surface area contributed by atoms with Gasteiger partial charge >= 0.3 is 11.5 Å². The quantitative estimate of drug-likeness (QED) is 0.614. The Morgan fingerprint density at radius 2 is 1.92 bits per heavy atom. The number of nitrogens with one attached hydrogen (secondary N) is 1. The molecule has 0 radical (unpaired) electrons. The fraction of sp³-hybridized carbons (Fsp3) is 0.250. The van der Waals surface area contributed by atoms with Gasteiger partial charge in [0.1, 0.15) is 5.76 Å². The molecule has 1 N–H and O–H groups in total. The van der Waals surface area contributed by atoms with Crippen molar-refractivity contribution in [2.45, 2.75) is 23.4 Å². The van der Waals surface area contributed by atoms with E-state index in [0.29, 0.717) is 5.76 Å². The lowest BCUT2D eigenvalue weighted by molar-refractivity contribution is -0.125. The van der Waals surface area contributed by atoms with E-state index in [1.807, 2.05) is 0 Å². The molecule has 0 aliphatic heterocycles. The molecule has 5 nitrogen and oxygen atoms in total. The minimum atomic E-state index is -4.40. The van der Waals surface area contributed by atoms with Crippen molar-refractivity contribution >= 4 is 23.6 Å². The molecular formula is C16H14F3NO4S. The molecule has 2 rings (SSSR count). The van der Waals surface area contributed by atoms with Crippen molar-refractivity contribution in [3.8, 4) is 0 Å². The molecule has 0 aliphatic carbocycles. The SMILES string of the molecule is C[C@H](NC(=O)COC(=O)c1ccc(SC(F)(F)F)cc1)c1ccco1. The van der Waals surface area contributed by atoms with Crippen molar-refractivity contribution in [3.63, 3.8) is 0 Å². The second-order valence-corrected chi connectivity index (χ2v) is 6.09. The van der Waals surface area contributed by atoms with Crippen molar-refractivity contribution in [3.05, 3.63) is 54.0 Å². The predicted octanol–water partition coefficient (Wildman–Crippen LogP) is 3.93. The number of furan rings is 1. The topological polar surface area (TPSA) is 68.5 Å². The molecule has 0 saturated carbocycles. The Balaban J connectivity index is 1.82. The van der Waals surface area contributed by atoms with Gasteiger partial charge in [0.2, 0.25) is 0 Å². The molecule has 25 heavy (non-hydrogen) atoms. The van der Waals surface area contributed by atoms with E-state index < -0.39 is 24.0 Å². The Bertz CT molecular complexity index is 714. The molecule has 0 fully saturated rings. The van der Waals surface area contributed by atoms with Crippen LogP contribution in [0.4, 0.5) is 13.2 Å².